The van der Waals surface area contributed by atoms with Crippen LogP contribution in [0.25, 0.3) is 0 Å². The first kappa shape index (κ1) is 89.3. The van der Waals surface area contributed by atoms with E-state index in [9.17, 15) is 56.9 Å². The number of rotatable bonds is 27. The van der Waals surface area contributed by atoms with Crippen molar-refractivity contribution in [2.75, 3.05) is 39.3 Å². The lowest BCUT2D eigenvalue weighted by atomic mass is 9.56. The molecule has 4 aliphatic heterocycles. The van der Waals surface area contributed by atoms with Gasteiger partial charge in [0.15, 0.2) is 23.1 Å². The summed E-state index contributed by atoms with van der Waals surface area (Å²) in [6, 6.07) is 29.9. The summed E-state index contributed by atoms with van der Waals surface area (Å²) in [6.07, 6.45) is 21.4. The third kappa shape index (κ3) is 17.9. The molecule has 8 fully saturated rings. The van der Waals surface area contributed by atoms with Crippen LogP contribution in [0.2, 0.25) is 0 Å². The SMILES string of the molecule is CC1=C2C[C@H]3[C@@H](CC=C4C[C@@H](O)CC[C@@]43C)[C@@H]2CC[C@]12O[C@@H]1C[C@H](C)CN(CCCC(=O)C(CCCCN)NC(=O)c3ccc(C(=O)c4ccccc4)cc3)[C@H]1[C@H]2C.CC1=C2C[C@H]3[C@@H](CC=C4C[C@@H](O)CC[C@@]43C)[C@@H]2CC[C@]12O[C@@H]1C[C@H](C)CN(CCCC(=O)C(CCCCNC(=O)C(F)(F)F)NC(=O)c3ccc(C(=O)c4ccccc4)cc3)[C@H]1[C@H]2C. The van der Waals surface area contributed by atoms with E-state index in [-0.39, 0.29) is 119 Å². The van der Waals surface area contributed by atoms with Gasteiger partial charge >= 0.3 is 12.1 Å². The summed E-state index contributed by atoms with van der Waals surface area (Å²) < 4.78 is 53.0. The van der Waals surface area contributed by atoms with E-state index >= 15 is 0 Å². The molecule has 16 rings (SSSR count). The number of aliphatic hydroxyl groups excluding tert-OH is 2. The highest BCUT2D eigenvalue weighted by molar-refractivity contribution is 6.10. The minimum atomic E-state index is -4.98. The van der Waals surface area contributed by atoms with Crippen LogP contribution in [0, 0.1) is 70.0 Å². The Morgan fingerprint density at radius 3 is 1.31 bits per heavy atom. The molecular weight excluding hydrogens is 1540 g/mol. The molecule has 22 atom stereocenters. The molecule has 3 amide bonds. The number of nitrogens with zero attached hydrogens (tertiary/aromatic N) is 2. The Kier molecular flexibility index (Phi) is 27.2. The van der Waals surface area contributed by atoms with Crippen molar-refractivity contribution in [2.45, 2.75) is 288 Å². The van der Waals surface area contributed by atoms with Crippen LogP contribution in [0.3, 0.4) is 0 Å². The summed E-state index contributed by atoms with van der Waals surface area (Å²) in [4.78, 5) is 97.3. The molecule has 8 aliphatic carbocycles. The third-order valence-corrected chi connectivity index (χ3v) is 32.6. The average Bonchev–Trinajstić information content (AvgIpc) is 1.55. The normalized spacial score (nSPS) is 33.7. The number of carbonyl (C=O) groups excluding carboxylic acids is 7. The summed E-state index contributed by atoms with van der Waals surface area (Å²) in [5.41, 5.74) is 17.7. The number of hydrogen-bond donors (Lipinski definition) is 6. The lowest BCUT2D eigenvalue weighted by Crippen LogP contribution is -2.52. The zero-order valence-electron chi connectivity index (χ0n) is 73.2. The summed E-state index contributed by atoms with van der Waals surface area (Å²) in [5, 5.41) is 28.8. The van der Waals surface area contributed by atoms with Gasteiger partial charge in [0, 0.05) is 89.8 Å². The molecule has 4 saturated carbocycles. The van der Waals surface area contributed by atoms with Gasteiger partial charge in [0.2, 0.25) is 0 Å². The number of aliphatic hydroxyl groups is 2. The number of halogens is 3. The molecule has 12 aliphatic rings. The Labute approximate surface area is 720 Å². The number of likely N-dealkylation sites (tertiary alicyclic amines) is 2. The van der Waals surface area contributed by atoms with Gasteiger partial charge in [0.1, 0.15) is 0 Å². The van der Waals surface area contributed by atoms with Gasteiger partial charge in [0.05, 0.1) is 47.7 Å². The number of piperidine rings is 2. The molecule has 20 heteroatoms. The van der Waals surface area contributed by atoms with Crippen LogP contribution in [-0.4, -0.2) is 166 Å². The summed E-state index contributed by atoms with van der Waals surface area (Å²) in [7, 11) is 0. The molecule has 0 aromatic heterocycles. The maximum Gasteiger partial charge on any atom is 0.471 e. The van der Waals surface area contributed by atoms with E-state index in [0.717, 1.165) is 129 Å². The number of carbonyl (C=O) groups is 7. The summed E-state index contributed by atoms with van der Waals surface area (Å²) in [5.74, 6) is 2.29. The molecule has 122 heavy (non-hydrogen) atoms. The number of amides is 3. The highest BCUT2D eigenvalue weighted by atomic mass is 19.4. The van der Waals surface area contributed by atoms with Crippen molar-refractivity contribution in [3.8, 4) is 0 Å². The Morgan fingerprint density at radius 2 is 0.910 bits per heavy atom. The number of ether oxygens (including phenoxy) is 2. The van der Waals surface area contributed by atoms with Crippen molar-refractivity contribution in [2.24, 2.45) is 75.7 Å². The third-order valence-electron chi connectivity index (χ3n) is 32.6. The molecular formula is C102H133F3N6O11. The van der Waals surface area contributed by atoms with E-state index in [2.05, 4.69) is 88.0 Å². The predicted octanol–water partition coefficient (Wildman–Crippen LogP) is 17.2. The number of ketones is 4. The summed E-state index contributed by atoms with van der Waals surface area (Å²) >= 11 is 0. The fourth-order valence-corrected chi connectivity index (χ4v) is 26.1. The zero-order valence-corrected chi connectivity index (χ0v) is 73.2. The first-order chi connectivity index (χ1) is 58.4. The second-order valence-electron chi connectivity index (χ2n) is 39.7. The van der Waals surface area contributed by atoms with Crippen LogP contribution in [0.4, 0.5) is 13.2 Å². The van der Waals surface area contributed by atoms with Gasteiger partial charge in [-0.3, -0.25) is 43.4 Å². The van der Waals surface area contributed by atoms with Gasteiger partial charge in [-0.2, -0.15) is 13.2 Å². The largest absolute Gasteiger partial charge is 0.471 e. The van der Waals surface area contributed by atoms with Crippen molar-refractivity contribution in [1.29, 1.82) is 0 Å². The Hall–Kier alpha value is -7.56. The van der Waals surface area contributed by atoms with Gasteiger partial charge < -0.3 is 41.4 Å². The molecule has 4 aromatic carbocycles. The van der Waals surface area contributed by atoms with Crippen LogP contribution < -0.4 is 21.7 Å². The van der Waals surface area contributed by atoms with Crippen LogP contribution in [-0.2, 0) is 23.9 Å². The predicted molar refractivity (Wildman–Crippen MR) is 467 cm³/mol. The lowest BCUT2D eigenvalue weighted by Gasteiger charge is -2.49. The van der Waals surface area contributed by atoms with Gasteiger partial charge in [-0.1, -0.05) is 161 Å². The molecule has 0 bridgehead atoms. The fourth-order valence-electron chi connectivity index (χ4n) is 26.1. The molecule has 658 valence electrons. The Morgan fingerprint density at radius 1 is 0.516 bits per heavy atom. The maximum atomic E-state index is 14.0. The fraction of sp³-hybridized carbons (Fsp3) is 0.618. The standard InChI is InChI=1S/C52H66F3N3O6.C50H67N3O5/c1-31-27-45-46(33(3)51(64-45)24-22-39-40-20-19-37-28-38(59)21-23-50(37,4)42(40)29-41(39)32(51)2)58(30-31)26-10-14-44(60)43(13-8-9-25-56-49(63)52(53,54)55)57-48(62)36-17-15-35(16-18-36)47(61)34-11-6-5-7-12-34;1-31-27-45-46(33(3)50(58-45)24-22-39-40-20-19-37-28-38(54)21-23-49(37,4)42(40)29-41(39)32(50)2)53(30-31)26-10-14-44(55)43(13-8-9-25-51)52-48(57)36-17-15-35(16-18-36)47(56)34-11-6-5-7-12-34/h5-7,11-12,15-19,31,33,38-40,42-43,45-46,59H,8-10,13-14,20-30H2,1-4H3,(H,56,63)(H,57,62);5-7,11-12,15-19,31,33,38-40,42-43,45-46,54H,8-10,13-14,20-30,51H2,1-4H3,(H,52,57)/t31-,33+,38-,39-,40-,42-,43?,45+,46-,50-,51-;31-,33+,38-,39-,40-,42-,43?,45+,46-,49-,50-/m00/s1. The minimum Gasteiger partial charge on any atom is -0.393 e. The minimum absolute atomic E-state index is 0.0652. The van der Waals surface area contributed by atoms with Crippen LogP contribution in [0.5, 0.6) is 0 Å². The molecule has 7 N–H and O–H groups in total. The Balaban J connectivity index is 0.000000190. The highest BCUT2D eigenvalue weighted by Crippen LogP contribution is 2.68. The summed E-state index contributed by atoms with van der Waals surface area (Å²) in [6.45, 7) is 23.0. The molecule has 4 saturated heterocycles. The number of Topliss-reactive ketones (excluding diaryl/α,β-unsaturated/α-hetero) is 2. The van der Waals surface area contributed by atoms with Crippen LogP contribution in [0.1, 0.15) is 275 Å². The molecule has 2 unspecified atom stereocenters. The quantitative estimate of drug-likeness (QED) is 0.0185. The van der Waals surface area contributed by atoms with Gasteiger partial charge in [-0.15, -0.1) is 0 Å². The van der Waals surface area contributed by atoms with Crippen molar-refractivity contribution in [3.05, 3.63) is 188 Å². The van der Waals surface area contributed by atoms with E-state index in [1.165, 1.54) is 35.1 Å². The number of benzene rings is 4. The number of allylic oxidation sites excluding steroid dienone is 4. The van der Waals surface area contributed by atoms with E-state index in [0.29, 0.717) is 126 Å². The van der Waals surface area contributed by atoms with Crippen molar-refractivity contribution < 1.29 is 66.4 Å². The molecule has 4 aromatic rings. The van der Waals surface area contributed by atoms with E-state index in [1.54, 1.807) is 96.1 Å². The second kappa shape index (κ2) is 37.2. The smallest absolute Gasteiger partial charge is 0.393 e. The number of alkyl halides is 3. The molecule has 2 spiro atoms. The van der Waals surface area contributed by atoms with Gasteiger partial charge in [0.25, 0.3) is 11.8 Å². The number of fused-ring (bicyclic) bond motifs is 12. The average molecular weight is 1680 g/mol. The molecule has 4 heterocycles. The maximum absolute atomic E-state index is 14.0. The number of hydrogen-bond acceptors (Lipinski definition) is 14. The van der Waals surface area contributed by atoms with Crippen molar-refractivity contribution in [1.82, 2.24) is 25.8 Å². The van der Waals surface area contributed by atoms with Crippen molar-refractivity contribution >= 4 is 40.9 Å². The van der Waals surface area contributed by atoms with E-state index < -0.39 is 30.1 Å². The van der Waals surface area contributed by atoms with Crippen LogP contribution >= 0.6 is 0 Å². The highest BCUT2D eigenvalue weighted by Gasteiger charge is 2.64. The number of nitrogens with one attached hydrogen (secondary N) is 3. The number of unbranched alkanes of at least 4 members (excludes halogenated alkanes) is 2. The first-order valence-electron chi connectivity index (χ1n) is 46.5. The molecule has 17 nitrogen and oxygen atoms in total. The first-order valence-corrected chi connectivity index (χ1v) is 46.5. The topological polar surface area (TPSA) is 247 Å². The second-order valence-corrected chi connectivity index (χ2v) is 39.7. The van der Waals surface area contributed by atoms with Gasteiger partial charge in [-0.25, -0.2) is 0 Å². The lowest BCUT2D eigenvalue weighted by molar-refractivity contribution is -0.173. The molecule has 0 radical (unpaired) electrons. The van der Waals surface area contributed by atoms with Crippen LogP contribution in [0.15, 0.2) is 155 Å². The van der Waals surface area contributed by atoms with Gasteiger partial charge in [-0.05, 0) is 281 Å². The number of nitrogens with two attached hydrogens (primary N) is 1. The van der Waals surface area contributed by atoms with E-state index in [4.69, 9.17) is 15.2 Å². The Bertz CT molecular complexity index is 4620. The van der Waals surface area contributed by atoms with E-state index in [1.807, 2.05) is 29.6 Å². The zero-order chi connectivity index (χ0) is 86.3. The van der Waals surface area contributed by atoms with Crippen molar-refractivity contribution in [3.63, 3.8) is 0 Å². The monoisotopic (exact) mass is 1670 g/mol.